The largest absolute Gasteiger partial charge is 0.423 e. The molecule has 0 bridgehead atoms. The summed E-state index contributed by atoms with van der Waals surface area (Å²) in [5.41, 5.74) is 2.40. The molecule has 1 fully saturated rings. The van der Waals surface area contributed by atoms with Crippen molar-refractivity contribution in [3.63, 3.8) is 0 Å². The van der Waals surface area contributed by atoms with Crippen LogP contribution in [0.4, 0.5) is 0 Å². The van der Waals surface area contributed by atoms with Crippen LogP contribution in [0.5, 0.6) is 0 Å². The molecule has 4 rings (SSSR count). The molecule has 2 aromatic heterocycles. The lowest BCUT2D eigenvalue weighted by Crippen LogP contribution is -2.03. The summed E-state index contributed by atoms with van der Waals surface area (Å²) in [4.78, 5) is 11.8. The Morgan fingerprint density at radius 1 is 1.29 bits per heavy atom. The molecule has 0 amide bonds. The van der Waals surface area contributed by atoms with Gasteiger partial charge in [-0.3, -0.25) is 0 Å². The topological polar surface area (TPSA) is 60.9 Å². The van der Waals surface area contributed by atoms with Crippen molar-refractivity contribution in [3.8, 4) is 0 Å². The number of fused-ring (bicyclic) bond motifs is 1. The highest BCUT2D eigenvalue weighted by Gasteiger charge is 2.29. The van der Waals surface area contributed by atoms with Crippen molar-refractivity contribution in [2.24, 2.45) is 0 Å². The van der Waals surface area contributed by atoms with Crippen LogP contribution in [0.2, 0.25) is 0 Å². The van der Waals surface area contributed by atoms with Crippen molar-refractivity contribution in [2.75, 3.05) is 0 Å². The summed E-state index contributed by atoms with van der Waals surface area (Å²) in [6.45, 7) is 4.98. The normalized spacial score (nSPS) is 14.4. The van der Waals surface area contributed by atoms with Crippen molar-refractivity contribution >= 4 is 22.7 Å². The Balaban J connectivity index is 1.64. The van der Waals surface area contributed by atoms with E-state index in [4.69, 9.17) is 4.42 Å². The van der Waals surface area contributed by atoms with Crippen LogP contribution in [0.3, 0.4) is 0 Å². The lowest BCUT2D eigenvalue weighted by atomic mass is 10.1. The van der Waals surface area contributed by atoms with Crippen LogP contribution in [0, 0.1) is 6.92 Å². The SMILES string of the molecule is CCn1c(SCc2cc(=O)oc3cc(C)ccc23)nnc1C1CC1. The number of benzene rings is 1. The maximum Gasteiger partial charge on any atom is 0.336 e. The van der Waals surface area contributed by atoms with E-state index >= 15 is 0 Å². The fraction of sp³-hybridized carbons (Fsp3) is 0.389. The minimum absolute atomic E-state index is 0.306. The zero-order chi connectivity index (χ0) is 16.7. The number of aryl methyl sites for hydroxylation is 1. The third kappa shape index (κ3) is 2.86. The monoisotopic (exact) mass is 341 g/mol. The van der Waals surface area contributed by atoms with Crippen LogP contribution >= 0.6 is 11.8 Å². The average Bonchev–Trinajstić information content (AvgIpc) is 3.32. The molecule has 124 valence electrons. The predicted molar refractivity (Wildman–Crippen MR) is 94.5 cm³/mol. The molecule has 2 heterocycles. The lowest BCUT2D eigenvalue weighted by Gasteiger charge is -2.08. The summed E-state index contributed by atoms with van der Waals surface area (Å²) in [6, 6.07) is 7.55. The Kier molecular flexibility index (Phi) is 3.92. The highest BCUT2D eigenvalue weighted by Crippen LogP contribution is 2.40. The fourth-order valence-electron chi connectivity index (χ4n) is 2.95. The molecule has 6 heteroatoms. The molecular formula is C18H19N3O2S. The van der Waals surface area contributed by atoms with Gasteiger partial charge in [-0.05, 0) is 43.9 Å². The Bertz CT molecular complexity index is 957. The van der Waals surface area contributed by atoms with Crippen LogP contribution in [0.1, 0.15) is 42.6 Å². The third-order valence-electron chi connectivity index (χ3n) is 4.35. The van der Waals surface area contributed by atoms with E-state index in [0.717, 1.165) is 34.0 Å². The van der Waals surface area contributed by atoms with Gasteiger partial charge in [-0.1, -0.05) is 23.9 Å². The van der Waals surface area contributed by atoms with Crippen LogP contribution in [0.25, 0.3) is 11.0 Å². The van der Waals surface area contributed by atoms with E-state index in [0.29, 0.717) is 17.3 Å². The molecule has 0 aliphatic heterocycles. The highest BCUT2D eigenvalue weighted by atomic mass is 32.2. The first-order valence-corrected chi connectivity index (χ1v) is 9.23. The smallest absolute Gasteiger partial charge is 0.336 e. The van der Waals surface area contributed by atoms with E-state index < -0.39 is 0 Å². The maximum absolute atomic E-state index is 11.8. The molecular weight excluding hydrogens is 322 g/mol. The number of thioether (sulfide) groups is 1. The van der Waals surface area contributed by atoms with Gasteiger partial charge in [-0.25, -0.2) is 4.79 Å². The van der Waals surface area contributed by atoms with Crippen molar-refractivity contribution < 1.29 is 4.42 Å². The molecule has 5 nitrogen and oxygen atoms in total. The van der Waals surface area contributed by atoms with Crippen LogP contribution < -0.4 is 5.63 Å². The molecule has 0 radical (unpaired) electrons. The molecule has 3 aromatic rings. The van der Waals surface area contributed by atoms with Gasteiger partial charge in [0.05, 0.1) is 0 Å². The maximum atomic E-state index is 11.8. The van der Waals surface area contributed by atoms with E-state index in [1.54, 1.807) is 17.8 Å². The fourth-order valence-corrected chi connectivity index (χ4v) is 3.95. The van der Waals surface area contributed by atoms with Crippen molar-refractivity contribution in [3.05, 3.63) is 51.6 Å². The number of hydrogen-bond donors (Lipinski definition) is 0. The summed E-state index contributed by atoms with van der Waals surface area (Å²) in [7, 11) is 0. The van der Waals surface area contributed by atoms with E-state index in [-0.39, 0.29) is 5.63 Å². The summed E-state index contributed by atoms with van der Waals surface area (Å²) in [5, 5.41) is 10.6. The third-order valence-corrected chi connectivity index (χ3v) is 5.36. The minimum Gasteiger partial charge on any atom is -0.423 e. The Morgan fingerprint density at radius 3 is 2.88 bits per heavy atom. The molecule has 0 atom stereocenters. The molecule has 1 aliphatic carbocycles. The van der Waals surface area contributed by atoms with E-state index in [9.17, 15) is 4.79 Å². The molecule has 1 aromatic carbocycles. The standard InChI is InChI=1S/C18H19N3O2S/c1-3-21-17(12-5-6-12)19-20-18(21)24-10-13-9-16(22)23-15-8-11(2)4-7-14(13)15/h4,7-9,12H,3,5-6,10H2,1-2H3. The van der Waals surface area contributed by atoms with Crippen LogP contribution in [0.15, 0.2) is 38.6 Å². The first-order valence-electron chi connectivity index (χ1n) is 8.25. The first-order chi connectivity index (χ1) is 11.7. The van der Waals surface area contributed by atoms with E-state index in [2.05, 4.69) is 21.7 Å². The van der Waals surface area contributed by atoms with Gasteiger partial charge in [0.1, 0.15) is 11.4 Å². The summed E-state index contributed by atoms with van der Waals surface area (Å²) >= 11 is 1.63. The van der Waals surface area contributed by atoms with Gasteiger partial charge >= 0.3 is 5.63 Å². The van der Waals surface area contributed by atoms with Crippen molar-refractivity contribution in [1.29, 1.82) is 0 Å². The summed E-state index contributed by atoms with van der Waals surface area (Å²) in [6.07, 6.45) is 2.43. The number of rotatable bonds is 5. The molecule has 0 N–H and O–H groups in total. The Morgan fingerprint density at radius 2 is 2.12 bits per heavy atom. The van der Waals surface area contributed by atoms with E-state index in [1.807, 2.05) is 25.1 Å². The second kappa shape index (κ2) is 6.09. The molecule has 24 heavy (non-hydrogen) atoms. The van der Waals surface area contributed by atoms with Crippen molar-refractivity contribution in [2.45, 2.75) is 50.1 Å². The zero-order valence-corrected chi connectivity index (χ0v) is 14.6. The van der Waals surface area contributed by atoms with Gasteiger partial charge in [0.2, 0.25) is 0 Å². The highest BCUT2D eigenvalue weighted by molar-refractivity contribution is 7.98. The molecule has 1 aliphatic rings. The predicted octanol–water partition coefficient (Wildman–Crippen LogP) is 3.88. The van der Waals surface area contributed by atoms with Gasteiger partial charge in [0, 0.05) is 29.7 Å². The second-order valence-electron chi connectivity index (χ2n) is 6.24. The lowest BCUT2D eigenvalue weighted by molar-refractivity contribution is 0.559. The molecule has 0 saturated heterocycles. The number of aromatic nitrogens is 3. The first kappa shape index (κ1) is 15.4. The zero-order valence-electron chi connectivity index (χ0n) is 13.8. The van der Waals surface area contributed by atoms with Gasteiger partial charge in [-0.15, -0.1) is 10.2 Å². The summed E-state index contributed by atoms with van der Waals surface area (Å²) in [5.74, 6) is 2.36. The molecule has 0 spiro atoms. The minimum atomic E-state index is -0.306. The van der Waals surface area contributed by atoms with Crippen LogP contribution in [-0.2, 0) is 12.3 Å². The second-order valence-corrected chi connectivity index (χ2v) is 7.18. The van der Waals surface area contributed by atoms with Crippen molar-refractivity contribution in [1.82, 2.24) is 14.8 Å². The summed E-state index contributed by atoms with van der Waals surface area (Å²) < 4.78 is 7.52. The number of nitrogens with zero attached hydrogens (tertiary/aromatic N) is 3. The number of hydrogen-bond acceptors (Lipinski definition) is 5. The van der Waals surface area contributed by atoms with E-state index in [1.165, 1.54) is 12.8 Å². The van der Waals surface area contributed by atoms with Gasteiger partial charge in [-0.2, -0.15) is 0 Å². The van der Waals surface area contributed by atoms with Crippen LogP contribution in [-0.4, -0.2) is 14.8 Å². The quantitative estimate of drug-likeness (QED) is 0.520. The Hall–Kier alpha value is -2.08. The molecule has 1 saturated carbocycles. The van der Waals surface area contributed by atoms with Gasteiger partial charge < -0.3 is 8.98 Å². The van der Waals surface area contributed by atoms with Gasteiger partial charge in [0.25, 0.3) is 0 Å². The Labute approximate surface area is 144 Å². The molecule has 0 unspecified atom stereocenters. The average molecular weight is 341 g/mol. The van der Waals surface area contributed by atoms with Gasteiger partial charge in [0.15, 0.2) is 5.16 Å².